The van der Waals surface area contributed by atoms with Crippen molar-refractivity contribution in [3.05, 3.63) is 101 Å². The van der Waals surface area contributed by atoms with E-state index in [4.69, 9.17) is 11.6 Å². The van der Waals surface area contributed by atoms with E-state index in [0.29, 0.717) is 27.5 Å². The maximum atomic E-state index is 13.1. The van der Waals surface area contributed by atoms with Gasteiger partial charge >= 0.3 is 0 Å². The summed E-state index contributed by atoms with van der Waals surface area (Å²) in [6, 6.07) is 23.4. The minimum absolute atomic E-state index is 0.188. The van der Waals surface area contributed by atoms with Crippen LogP contribution in [0.5, 0.6) is 0 Å². The van der Waals surface area contributed by atoms with Crippen molar-refractivity contribution in [2.75, 3.05) is 12.4 Å². The van der Waals surface area contributed by atoms with E-state index in [1.54, 1.807) is 54.3 Å². The van der Waals surface area contributed by atoms with Crippen molar-refractivity contribution in [3.63, 3.8) is 0 Å². The predicted molar refractivity (Wildman–Crippen MR) is 122 cm³/mol. The normalized spacial score (nSPS) is 10.5. The number of hydrogen-bond acceptors (Lipinski definition) is 3. The minimum Gasteiger partial charge on any atom is -0.355 e. The Morgan fingerprint density at radius 2 is 1.55 bits per heavy atom. The first kappa shape index (κ1) is 20.4. The van der Waals surface area contributed by atoms with Crippen LogP contribution in [0.1, 0.15) is 20.7 Å². The lowest BCUT2D eigenvalue weighted by molar-refractivity contribution is 0.0962. The van der Waals surface area contributed by atoms with Gasteiger partial charge in [-0.3, -0.25) is 9.59 Å². The Morgan fingerprint density at radius 3 is 2.19 bits per heavy atom. The summed E-state index contributed by atoms with van der Waals surface area (Å²) in [5.41, 5.74) is 3.67. The average molecular weight is 431 g/mol. The van der Waals surface area contributed by atoms with Crippen LogP contribution in [0.25, 0.3) is 16.9 Å². The van der Waals surface area contributed by atoms with Crippen molar-refractivity contribution >= 4 is 29.1 Å². The van der Waals surface area contributed by atoms with Crippen LogP contribution >= 0.6 is 11.6 Å². The summed E-state index contributed by atoms with van der Waals surface area (Å²) in [5.74, 6) is -0.494. The fourth-order valence-electron chi connectivity index (χ4n) is 3.12. The first-order valence-electron chi connectivity index (χ1n) is 9.59. The molecule has 3 aromatic carbocycles. The number of amides is 2. The Bertz CT molecular complexity index is 1220. The molecule has 0 spiro atoms. The van der Waals surface area contributed by atoms with Crippen molar-refractivity contribution in [1.82, 2.24) is 15.1 Å². The van der Waals surface area contributed by atoms with Crippen molar-refractivity contribution < 1.29 is 9.59 Å². The van der Waals surface area contributed by atoms with Gasteiger partial charge in [0.05, 0.1) is 11.3 Å². The highest BCUT2D eigenvalue weighted by molar-refractivity contribution is 6.30. The zero-order valence-corrected chi connectivity index (χ0v) is 17.4. The van der Waals surface area contributed by atoms with E-state index in [1.165, 1.54) is 0 Å². The lowest BCUT2D eigenvalue weighted by atomic mass is 10.1. The molecular formula is C24H19ClN4O2. The number of hydrogen-bond donors (Lipinski definition) is 2. The Morgan fingerprint density at radius 1 is 0.871 bits per heavy atom. The van der Waals surface area contributed by atoms with E-state index in [2.05, 4.69) is 15.7 Å². The lowest BCUT2D eigenvalue weighted by Gasteiger charge is -2.07. The molecule has 4 aromatic rings. The number of aromatic nitrogens is 2. The second-order valence-electron chi connectivity index (χ2n) is 6.79. The molecule has 2 N–H and O–H groups in total. The van der Waals surface area contributed by atoms with Crippen LogP contribution in [0.2, 0.25) is 5.02 Å². The summed E-state index contributed by atoms with van der Waals surface area (Å²) < 4.78 is 1.67. The number of benzene rings is 3. The van der Waals surface area contributed by atoms with E-state index in [-0.39, 0.29) is 11.8 Å². The van der Waals surface area contributed by atoms with E-state index >= 15 is 0 Å². The molecule has 4 rings (SSSR count). The van der Waals surface area contributed by atoms with Crippen LogP contribution in [-0.2, 0) is 0 Å². The molecule has 0 aliphatic carbocycles. The lowest BCUT2D eigenvalue weighted by Crippen LogP contribution is -2.18. The maximum absolute atomic E-state index is 13.1. The topological polar surface area (TPSA) is 76.0 Å². The zero-order chi connectivity index (χ0) is 21.8. The van der Waals surface area contributed by atoms with Gasteiger partial charge in [0.2, 0.25) is 0 Å². The standard InChI is InChI=1S/C24H19ClN4O2/c1-26-23(30)17-9-13-19(14-10-17)27-24(31)21-15-29(20-5-3-2-4-6-20)28-22(21)16-7-11-18(25)12-8-16/h2-15H,1H3,(H,26,30)(H,27,31). The third-order valence-electron chi connectivity index (χ3n) is 4.73. The molecule has 31 heavy (non-hydrogen) atoms. The van der Waals surface area contributed by atoms with Crippen molar-refractivity contribution in [1.29, 1.82) is 0 Å². The summed E-state index contributed by atoms with van der Waals surface area (Å²) >= 11 is 6.02. The molecule has 0 atom stereocenters. The summed E-state index contributed by atoms with van der Waals surface area (Å²) in [7, 11) is 1.57. The van der Waals surface area contributed by atoms with Crippen LogP contribution in [0.4, 0.5) is 5.69 Å². The van der Waals surface area contributed by atoms with Gasteiger partial charge < -0.3 is 10.6 Å². The number of carbonyl (C=O) groups excluding carboxylic acids is 2. The average Bonchev–Trinajstić information content (AvgIpc) is 3.26. The van der Waals surface area contributed by atoms with Crippen LogP contribution < -0.4 is 10.6 Å². The highest BCUT2D eigenvalue weighted by Crippen LogP contribution is 2.26. The highest BCUT2D eigenvalue weighted by atomic mass is 35.5. The molecular weight excluding hydrogens is 412 g/mol. The first-order valence-corrected chi connectivity index (χ1v) is 9.97. The van der Waals surface area contributed by atoms with Gasteiger partial charge in [0, 0.05) is 35.1 Å². The van der Waals surface area contributed by atoms with Crippen LogP contribution in [0.15, 0.2) is 85.1 Å². The molecule has 0 unspecified atom stereocenters. The van der Waals surface area contributed by atoms with Crippen LogP contribution in [0.3, 0.4) is 0 Å². The van der Waals surface area contributed by atoms with Gasteiger partial charge in [0.15, 0.2) is 0 Å². The first-order chi connectivity index (χ1) is 15.0. The summed E-state index contributed by atoms with van der Waals surface area (Å²) in [4.78, 5) is 24.8. The molecule has 0 fully saturated rings. The second-order valence-corrected chi connectivity index (χ2v) is 7.23. The maximum Gasteiger partial charge on any atom is 0.259 e. The number of anilines is 1. The number of nitrogens with one attached hydrogen (secondary N) is 2. The Kier molecular flexibility index (Phi) is 5.82. The van der Waals surface area contributed by atoms with Crippen molar-refractivity contribution in [2.24, 2.45) is 0 Å². The van der Waals surface area contributed by atoms with Crippen molar-refractivity contribution in [2.45, 2.75) is 0 Å². The molecule has 7 heteroatoms. The molecule has 0 bridgehead atoms. The molecule has 154 valence electrons. The third kappa shape index (κ3) is 4.49. The van der Waals surface area contributed by atoms with Crippen LogP contribution in [0, 0.1) is 0 Å². The number of rotatable bonds is 5. The summed E-state index contributed by atoms with van der Waals surface area (Å²) in [6.45, 7) is 0. The van der Waals surface area contributed by atoms with E-state index in [9.17, 15) is 9.59 Å². The predicted octanol–water partition coefficient (Wildman–Crippen LogP) is 4.80. The van der Waals surface area contributed by atoms with Gasteiger partial charge in [-0.25, -0.2) is 4.68 Å². The van der Waals surface area contributed by atoms with Gasteiger partial charge in [-0.15, -0.1) is 0 Å². The quantitative estimate of drug-likeness (QED) is 0.477. The summed E-state index contributed by atoms with van der Waals surface area (Å²) in [5, 5.41) is 10.7. The Labute approximate surface area is 184 Å². The SMILES string of the molecule is CNC(=O)c1ccc(NC(=O)c2cn(-c3ccccc3)nc2-c2ccc(Cl)cc2)cc1. The molecule has 0 aliphatic heterocycles. The molecule has 0 saturated heterocycles. The Hall–Kier alpha value is -3.90. The second kappa shape index (κ2) is 8.85. The monoisotopic (exact) mass is 430 g/mol. The zero-order valence-electron chi connectivity index (χ0n) is 16.7. The van der Waals surface area contributed by atoms with Gasteiger partial charge in [0.1, 0.15) is 5.69 Å². The third-order valence-corrected chi connectivity index (χ3v) is 4.98. The molecule has 2 amide bonds. The highest BCUT2D eigenvalue weighted by Gasteiger charge is 2.19. The van der Waals surface area contributed by atoms with Crippen molar-refractivity contribution in [3.8, 4) is 16.9 Å². The summed E-state index contributed by atoms with van der Waals surface area (Å²) in [6.07, 6.45) is 1.70. The smallest absolute Gasteiger partial charge is 0.259 e. The number of nitrogens with zero attached hydrogens (tertiary/aromatic N) is 2. The molecule has 0 saturated carbocycles. The molecule has 1 heterocycles. The fraction of sp³-hybridized carbons (Fsp3) is 0.0417. The number of carbonyl (C=O) groups is 2. The number of halogens is 1. The number of para-hydroxylation sites is 1. The largest absolute Gasteiger partial charge is 0.355 e. The molecule has 0 radical (unpaired) electrons. The van der Waals surface area contributed by atoms with Gasteiger partial charge in [0.25, 0.3) is 11.8 Å². The van der Waals surface area contributed by atoms with E-state index in [1.807, 2.05) is 42.5 Å². The minimum atomic E-state index is -0.306. The van der Waals surface area contributed by atoms with Crippen LogP contribution in [-0.4, -0.2) is 28.6 Å². The van der Waals surface area contributed by atoms with E-state index < -0.39 is 0 Å². The van der Waals surface area contributed by atoms with Gasteiger partial charge in [-0.1, -0.05) is 41.9 Å². The van der Waals surface area contributed by atoms with Gasteiger partial charge in [-0.05, 0) is 48.5 Å². The molecule has 1 aromatic heterocycles. The van der Waals surface area contributed by atoms with E-state index in [0.717, 1.165) is 11.3 Å². The fourth-order valence-corrected chi connectivity index (χ4v) is 3.25. The molecule has 0 aliphatic rings. The Balaban J connectivity index is 1.68. The van der Waals surface area contributed by atoms with Gasteiger partial charge in [-0.2, -0.15) is 5.10 Å². The molecule has 6 nitrogen and oxygen atoms in total.